The van der Waals surface area contributed by atoms with Gasteiger partial charge in [-0.15, -0.1) is 0 Å². The van der Waals surface area contributed by atoms with Crippen LogP contribution in [0.2, 0.25) is 0 Å². The summed E-state index contributed by atoms with van der Waals surface area (Å²) in [4.78, 5) is 27.1. The summed E-state index contributed by atoms with van der Waals surface area (Å²) in [6.07, 6.45) is 1.76. The minimum atomic E-state index is -3.72. The van der Waals surface area contributed by atoms with Gasteiger partial charge in [-0.05, 0) is 54.3 Å². The summed E-state index contributed by atoms with van der Waals surface area (Å²) >= 11 is 0. The van der Waals surface area contributed by atoms with Crippen molar-refractivity contribution in [3.63, 3.8) is 0 Å². The number of para-hydroxylation sites is 1. The number of anilines is 1. The number of benzene rings is 2. The predicted molar refractivity (Wildman–Crippen MR) is 143 cm³/mol. The lowest BCUT2D eigenvalue weighted by molar-refractivity contribution is -0.143. The van der Waals surface area contributed by atoms with Crippen LogP contribution >= 0.6 is 0 Å². The van der Waals surface area contributed by atoms with Crippen LogP contribution in [0.15, 0.2) is 70.5 Å². The molecule has 0 amide bonds. The van der Waals surface area contributed by atoms with Gasteiger partial charge in [0, 0.05) is 51.9 Å². The van der Waals surface area contributed by atoms with Crippen molar-refractivity contribution in [2.45, 2.75) is 37.6 Å². The average molecular weight is 524 g/mol. The fourth-order valence-corrected chi connectivity index (χ4v) is 6.31. The number of fused-ring (bicyclic) bond motifs is 1. The van der Waals surface area contributed by atoms with Crippen LogP contribution in [0.1, 0.15) is 41.5 Å². The molecule has 1 aliphatic heterocycles. The average Bonchev–Trinajstić information content (AvgIpc) is 2.96. The molecular formula is C28H33N3O5S. The van der Waals surface area contributed by atoms with Crippen molar-refractivity contribution in [1.82, 2.24) is 8.87 Å². The highest BCUT2D eigenvalue weighted by atomic mass is 32.2. The number of rotatable bonds is 7. The number of pyridine rings is 1. The van der Waals surface area contributed by atoms with Gasteiger partial charge in [0.05, 0.1) is 18.7 Å². The maximum absolute atomic E-state index is 13.6. The lowest BCUT2D eigenvalue weighted by atomic mass is 9.87. The summed E-state index contributed by atoms with van der Waals surface area (Å²) in [5, 5.41) is 0. The molecule has 1 unspecified atom stereocenters. The second-order valence-corrected chi connectivity index (χ2v) is 11.3. The smallest absolute Gasteiger partial charge is 0.306 e. The lowest BCUT2D eigenvalue weighted by Gasteiger charge is -2.23. The maximum atomic E-state index is 13.6. The van der Waals surface area contributed by atoms with Crippen molar-refractivity contribution in [3.05, 3.63) is 93.4 Å². The Bertz CT molecular complexity index is 1460. The number of nitrogens with zero attached hydrogens (tertiary/aromatic N) is 3. The summed E-state index contributed by atoms with van der Waals surface area (Å²) in [6.45, 7) is 5.08. The summed E-state index contributed by atoms with van der Waals surface area (Å²) in [5.74, 6) is -0.759. The minimum Gasteiger partial charge on any atom is -0.466 e. The van der Waals surface area contributed by atoms with Crippen molar-refractivity contribution >= 4 is 21.7 Å². The molecule has 0 saturated carbocycles. The Balaban J connectivity index is 1.72. The van der Waals surface area contributed by atoms with Crippen LogP contribution in [0.5, 0.6) is 0 Å². The fourth-order valence-electron chi connectivity index (χ4n) is 4.66. The molecule has 196 valence electrons. The van der Waals surface area contributed by atoms with Gasteiger partial charge in [0.25, 0.3) is 5.56 Å². The zero-order chi connectivity index (χ0) is 26.7. The van der Waals surface area contributed by atoms with Crippen molar-refractivity contribution in [2.24, 2.45) is 7.05 Å². The minimum absolute atomic E-state index is 0.0731. The first-order chi connectivity index (χ1) is 17.6. The SMILES string of the molecule is CCOC(=O)CC(c1ccc(C)c(CN2CCN(C)c3ccccc3S2(=O)=O)c1)c1ccn(C)c(=O)c1. The number of ether oxygens (including phenoxy) is 1. The third kappa shape index (κ3) is 5.62. The van der Waals surface area contributed by atoms with Crippen LogP contribution in [0.4, 0.5) is 5.69 Å². The number of esters is 1. The molecular weight excluding hydrogens is 490 g/mol. The summed E-state index contributed by atoms with van der Waals surface area (Å²) in [7, 11) is -0.145. The van der Waals surface area contributed by atoms with Crippen LogP contribution in [0, 0.1) is 6.92 Å². The molecule has 3 aromatic rings. The Morgan fingerprint density at radius 2 is 1.76 bits per heavy atom. The predicted octanol–water partition coefficient (Wildman–Crippen LogP) is 3.42. The first-order valence-electron chi connectivity index (χ1n) is 12.3. The molecule has 9 heteroatoms. The number of hydrogen-bond acceptors (Lipinski definition) is 6. The van der Waals surface area contributed by atoms with E-state index in [4.69, 9.17) is 4.74 Å². The van der Waals surface area contributed by atoms with Gasteiger partial charge < -0.3 is 14.2 Å². The molecule has 0 N–H and O–H groups in total. The zero-order valence-electron chi connectivity index (χ0n) is 21.7. The quantitative estimate of drug-likeness (QED) is 0.441. The zero-order valence-corrected chi connectivity index (χ0v) is 22.5. The first kappa shape index (κ1) is 26.6. The number of carbonyl (C=O) groups excluding carboxylic acids is 1. The van der Waals surface area contributed by atoms with Gasteiger partial charge in [0.2, 0.25) is 10.0 Å². The molecule has 1 aromatic heterocycles. The van der Waals surface area contributed by atoms with Crippen molar-refractivity contribution in [1.29, 1.82) is 0 Å². The van der Waals surface area contributed by atoms with Crippen LogP contribution in [-0.4, -0.2) is 50.0 Å². The molecule has 2 heterocycles. The Kier molecular flexibility index (Phi) is 7.85. The van der Waals surface area contributed by atoms with Gasteiger partial charge in [-0.25, -0.2) is 8.42 Å². The van der Waals surface area contributed by atoms with Gasteiger partial charge in [-0.2, -0.15) is 4.31 Å². The van der Waals surface area contributed by atoms with E-state index in [1.807, 2.05) is 55.3 Å². The Labute approximate surface area is 218 Å². The molecule has 0 fully saturated rings. The van der Waals surface area contributed by atoms with E-state index in [1.54, 1.807) is 32.3 Å². The Morgan fingerprint density at radius 1 is 1.03 bits per heavy atom. The highest BCUT2D eigenvalue weighted by Gasteiger charge is 2.32. The topological polar surface area (TPSA) is 88.9 Å². The van der Waals surface area contributed by atoms with E-state index in [9.17, 15) is 18.0 Å². The number of aromatic nitrogens is 1. The second kappa shape index (κ2) is 10.9. The third-order valence-electron chi connectivity index (χ3n) is 6.91. The van der Waals surface area contributed by atoms with Crippen molar-refractivity contribution < 1.29 is 17.9 Å². The molecule has 0 saturated heterocycles. The fraction of sp³-hybridized carbons (Fsp3) is 0.357. The normalized spacial score (nSPS) is 16.1. The molecule has 0 aliphatic carbocycles. The molecule has 2 aromatic carbocycles. The highest BCUT2D eigenvalue weighted by Crippen LogP contribution is 2.33. The van der Waals surface area contributed by atoms with Gasteiger partial charge in [0.15, 0.2) is 0 Å². The molecule has 4 rings (SSSR count). The Hall–Kier alpha value is -3.43. The van der Waals surface area contributed by atoms with Gasteiger partial charge in [-0.3, -0.25) is 9.59 Å². The number of likely N-dealkylation sites (N-methyl/N-ethyl adjacent to an activating group) is 1. The van der Waals surface area contributed by atoms with Gasteiger partial charge >= 0.3 is 5.97 Å². The van der Waals surface area contributed by atoms with E-state index in [-0.39, 0.29) is 31.1 Å². The van der Waals surface area contributed by atoms with E-state index in [1.165, 1.54) is 14.9 Å². The number of sulfonamides is 1. The van der Waals surface area contributed by atoms with Crippen LogP contribution < -0.4 is 10.5 Å². The monoisotopic (exact) mass is 523 g/mol. The molecule has 0 spiro atoms. The molecule has 37 heavy (non-hydrogen) atoms. The standard InChI is InChI=1S/C28H33N3O5S/c1-5-36-28(33)18-24(22-12-13-30(4)27(32)17-22)21-11-10-20(2)23(16-21)19-31-15-14-29(3)25-8-6-7-9-26(25)37(31,34)35/h6-13,16-17,24H,5,14-15,18-19H2,1-4H3. The van der Waals surface area contributed by atoms with Crippen molar-refractivity contribution in [2.75, 3.05) is 31.6 Å². The van der Waals surface area contributed by atoms with E-state index in [0.717, 1.165) is 16.7 Å². The molecule has 0 bridgehead atoms. The number of hydrogen-bond donors (Lipinski definition) is 0. The summed E-state index contributed by atoms with van der Waals surface area (Å²) in [6, 6.07) is 16.2. The summed E-state index contributed by atoms with van der Waals surface area (Å²) < 4.78 is 35.4. The number of aryl methyl sites for hydroxylation is 2. The molecule has 8 nitrogen and oxygen atoms in total. The third-order valence-corrected chi connectivity index (χ3v) is 8.80. The molecule has 1 atom stereocenters. The van der Waals surface area contributed by atoms with Crippen LogP contribution in [0.25, 0.3) is 0 Å². The van der Waals surface area contributed by atoms with Gasteiger partial charge in [-0.1, -0.05) is 30.3 Å². The molecule has 0 radical (unpaired) electrons. The first-order valence-corrected chi connectivity index (χ1v) is 13.8. The highest BCUT2D eigenvalue weighted by molar-refractivity contribution is 7.89. The van der Waals surface area contributed by atoms with Crippen LogP contribution in [0.3, 0.4) is 0 Å². The second-order valence-electron chi connectivity index (χ2n) is 9.38. The maximum Gasteiger partial charge on any atom is 0.306 e. The van der Waals surface area contributed by atoms with E-state index >= 15 is 0 Å². The summed E-state index contributed by atoms with van der Waals surface area (Å²) in [5.41, 5.74) is 3.85. The van der Waals surface area contributed by atoms with Crippen molar-refractivity contribution in [3.8, 4) is 0 Å². The lowest BCUT2D eigenvalue weighted by Crippen LogP contribution is -2.33. The largest absolute Gasteiger partial charge is 0.466 e. The Morgan fingerprint density at radius 3 is 2.49 bits per heavy atom. The van der Waals surface area contributed by atoms with E-state index in [2.05, 4.69) is 0 Å². The molecule has 1 aliphatic rings. The van der Waals surface area contributed by atoms with E-state index < -0.39 is 15.9 Å². The van der Waals surface area contributed by atoms with Gasteiger partial charge in [0.1, 0.15) is 4.90 Å². The van der Waals surface area contributed by atoms with Crippen LogP contribution in [-0.2, 0) is 33.1 Å². The number of carbonyl (C=O) groups is 1. The van der Waals surface area contributed by atoms with E-state index in [0.29, 0.717) is 29.2 Å².